The van der Waals surface area contributed by atoms with Crippen LogP contribution in [0.2, 0.25) is 5.02 Å². The van der Waals surface area contributed by atoms with E-state index in [2.05, 4.69) is 5.32 Å². The summed E-state index contributed by atoms with van der Waals surface area (Å²) in [7, 11) is -3.68. The molecule has 2 saturated heterocycles. The molecular formula is C21H29ClN2O3S. The second-order valence-corrected chi connectivity index (χ2v) is 10.8. The third-order valence-electron chi connectivity index (χ3n) is 6.73. The number of fused-ring (bicyclic) bond motifs is 1. The molecule has 1 N–H and O–H groups in total. The summed E-state index contributed by atoms with van der Waals surface area (Å²) >= 11 is 6.13. The number of hydrogen-bond donors (Lipinski definition) is 1. The second kappa shape index (κ2) is 8.42. The van der Waals surface area contributed by atoms with Crippen LogP contribution in [0.15, 0.2) is 29.2 Å². The number of ketones is 1. The molecule has 28 heavy (non-hydrogen) atoms. The van der Waals surface area contributed by atoms with Gasteiger partial charge in [-0.15, -0.1) is 0 Å². The van der Waals surface area contributed by atoms with Gasteiger partial charge in [-0.05, 0) is 56.6 Å². The molecule has 2 heterocycles. The summed E-state index contributed by atoms with van der Waals surface area (Å²) in [6, 6.07) is 6.87. The smallest absolute Gasteiger partial charge is 0.244 e. The molecule has 0 unspecified atom stereocenters. The Kier molecular flexibility index (Phi) is 6.12. The highest BCUT2D eigenvalue weighted by molar-refractivity contribution is 7.89. The molecule has 3 aliphatic rings. The molecule has 5 nitrogen and oxygen atoms in total. The van der Waals surface area contributed by atoms with Crippen LogP contribution in [0.3, 0.4) is 0 Å². The minimum Gasteiger partial charge on any atom is -0.304 e. The van der Waals surface area contributed by atoms with Crippen molar-refractivity contribution in [2.24, 2.45) is 11.8 Å². The molecule has 4 rings (SSSR count). The van der Waals surface area contributed by atoms with E-state index < -0.39 is 10.0 Å². The minimum absolute atomic E-state index is 0.118. The van der Waals surface area contributed by atoms with Gasteiger partial charge in [0.1, 0.15) is 4.90 Å². The number of halogens is 1. The van der Waals surface area contributed by atoms with Gasteiger partial charge in [-0.3, -0.25) is 4.79 Å². The van der Waals surface area contributed by atoms with E-state index in [9.17, 15) is 13.2 Å². The molecule has 1 aromatic rings. The number of hydrogen-bond acceptors (Lipinski definition) is 4. The molecule has 2 aliphatic heterocycles. The second-order valence-electron chi connectivity index (χ2n) is 8.48. The van der Waals surface area contributed by atoms with Crippen LogP contribution in [0.5, 0.6) is 0 Å². The van der Waals surface area contributed by atoms with E-state index in [0.29, 0.717) is 24.9 Å². The van der Waals surface area contributed by atoms with Crippen molar-refractivity contribution < 1.29 is 13.2 Å². The fourth-order valence-electron chi connectivity index (χ4n) is 5.19. The Morgan fingerprint density at radius 2 is 1.82 bits per heavy atom. The lowest BCUT2D eigenvalue weighted by molar-refractivity contribution is -0.127. The maximum atomic E-state index is 13.2. The van der Waals surface area contributed by atoms with Crippen LogP contribution in [0.1, 0.15) is 51.4 Å². The molecule has 0 amide bonds. The number of piperidine rings is 2. The number of nitrogens with zero attached hydrogens (tertiary/aromatic N) is 1. The summed E-state index contributed by atoms with van der Waals surface area (Å²) in [6.07, 6.45) is 8.44. The van der Waals surface area contributed by atoms with Crippen molar-refractivity contribution >= 4 is 27.4 Å². The zero-order valence-corrected chi connectivity index (χ0v) is 17.7. The third-order valence-corrected chi connectivity index (χ3v) is 9.10. The predicted molar refractivity (Wildman–Crippen MR) is 110 cm³/mol. The quantitative estimate of drug-likeness (QED) is 0.801. The van der Waals surface area contributed by atoms with Crippen molar-refractivity contribution in [3.05, 3.63) is 29.3 Å². The van der Waals surface area contributed by atoms with Gasteiger partial charge in [-0.1, -0.05) is 36.6 Å². The molecule has 1 saturated carbocycles. The highest BCUT2D eigenvalue weighted by atomic mass is 35.5. The topological polar surface area (TPSA) is 66.5 Å². The van der Waals surface area contributed by atoms with Gasteiger partial charge in [0.15, 0.2) is 5.78 Å². The molecule has 0 bridgehead atoms. The predicted octanol–water partition coefficient (Wildman–Crippen LogP) is 3.62. The Morgan fingerprint density at radius 1 is 1.04 bits per heavy atom. The lowest BCUT2D eigenvalue weighted by Crippen LogP contribution is -2.55. The summed E-state index contributed by atoms with van der Waals surface area (Å²) in [5, 5.41) is 3.84. The fraction of sp³-hybridized carbons (Fsp3) is 0.667. The molecule has 7 heteroatoms. The molecular weight excluding hydrogens is 396 g/mol. The van der Waals surface area contributed by atoms with Crippen LogP contribution in [0.4, 0.5) is 0 Å². The Balaban J connectivity index is 1.45. The van der Waals surface area contributed by atoms with Crippen molar-refractivity contribution in [3.8, 4) is 0 Å². The van der Waals surface area contributed by atoms with Crippen LogP contribution < -0.4 is 5.32 Å². The first-order chi connectivity index (χ1) is 13.5. The molecule has 0 aromatic heterocycles. The number of Topliss-reactive ketones (excluding diaryl/α,β-unsaturated/α-hetero) is 1. The van der Waals surface area contributed by atoms with Gasteiger partial charge in [-0.2, -0.15) is 4.31 Å². The van der Waals surface area contributed by atoms with Crippen LogP contribution in [0, 0.1) is 11.8 Å². The third kappa shape index (κ3) is 4.02. The number of rotatable bonds is 4. The number of benzene rings is 1. The van der Waals surface area contributed by atoms with Crippen LogP contribution in [0.25, 0.3) is 0 Å². The molecule has 154 valence electrons. The Hall–Kier alpha value is -0.950. The zero-order chi connectivity index (χ0) is 19.7. The van der Waals surface area contributed by atoms with E-state index >= 15 is 0 Å². The summed E-state index contributed by atoms with van der Waals surface area (Å²) in [4.78, 5) is 13.3. The van der Waals surface area contributed by atoms with E-state index in [1.807, 2.05) is 0 Å². The first kappa shape index (κ1) is 20.3. The normalized spacial score (nSPS) is 31.9. The Bertz CT molecular complexity index is 829. The Morgan fingerprint density at radius 3 is 2.64 bits per heavy atom. The van der Waals surface area contributed by atoms with Gasteiger partial charge in [-0.25, -0.2) is 8.42 Å². The summed E-state index contributed by atoms with van der Waals surface area (Å²) in [5.41, 5.74) is 0. The molecule has 0 radical (unpaired) electrons. The van der Waals surface area contributed by atoms with E-state index in [-0.39, 0.29) is 34.2 Å². The van der Waals surface area contributed by atoms with Gasteiger partial charge in [0.25, 0.3) is 0 Å². The van der Waals surface area contributed by atoms with Gasteiger partial charge >= 0.3 is 0 Å². The van der Waals surface area contributed by atoms with Crippen molar-refractivity contribution in [3.63, 3.8) is 0 Å². The maximum Gasteiger partial charge on any atom is 0.244 e. The monoisotopic (exact) mass is 424 g/mol. The van der Waals surface area contributed by atoms with Gasteiger partial charge < -0.3 is 5.32 Å². The highest BCUT2D eigenvalue weighted by Gasteiger charge is 2.39. The molecule has 3 fully saturated rings. The SMILES string of the molecule is O=C([C@H]1CCCN(S(=O)(=O)c2ccccc2Cl)C1)[C@@H]1CC[C@@H]2CCCC[C@@H]2N1. The lowest BCUT2D eigenvalue weighted by atomic mass is 9.76. The minimum atomic E-state index is -3.68. The van der Waals surface area contributed by atoms with E-state index in [4.69, 9.17) is 11.6 Å². The van der Waals surface area contributed by atoms with E-state index in [1.54, 1.807) is 18.2 Å². The average molecular weight is 425 g/mol. The largest absolute Gasteiger partial charge is 0.304 e. The number of nitrogens with one attached hydrogen (secondary N) is 1. The summed E-state index contributed by atoms with van der Waals surface area (Å²) in [6.45, 7) is 0.707. The summed E-state index contributed by atoms with van der Waals surface area (Å²) < 4.78 is 27.6. The maximum absolute atomic E-state index is 13.2. The van der Waals surface area contributed by atoms with Crippen LogP contribution in [-0.2, 0) is 14.8 Å². The summed E-state index contributed by atoms with van der Waals surface area (Å²) in [5.74, 6) is 0.674. The highest BCUT2D eigenvalue weighted by Crippen LogP contribution is 2.34. The number of carbonyl (C=O) groups is 1. The van der Waals surface area contributed by atoms with Crippen molar-refractivity contribution in [1.82, 2.24) is 9.62 Å². The van der Waals surface area contributed by atoms with Crippen LogP contribution in [-0.4, -0.2) is 43.7 Å². The van der Waals surface area contributed by atoms with E-state index in [1.165, 1.54) is 29.6 Å². The lowest BCUT2D eigenvalue weighted by Gasteiger charge is -2.41. The van der Waals surface area contributed by atoms with Gasteiger partial charge in [0.2, 0.25) is 10.0 Å². The first-order valence-electron chi connectivity index (χ1n) is 10.5. The molecule has 1 aromatic carbocycles. The zero-order valence-electron chi connectivity index (χ0n) is 16.1. The molecule has 1 aliphatic carbocycles. The molecule has 4 atom stereocenters. The Labute approximate surface area is 172 Å². The fourth-order valence-corrected chi connectivity index (χ4v) is 7.21. The first-order valence-corrected chi connectivity index (χ1v) is 12.3. The van der Waals surface area contributed by atoms with E-state index in [0.717, 1.165) is 25.7 Å². The molecule has 0 spiro atoms. The van der Waals surface area contributed by atoms with Crippen molar-refractivity contribution in [2.45, 2.75) is 68.3 Å². The van der Waals surface area contributed by atoms with Gasteiger partial charge in [0.05, 0.1) is 11.1 Å². The van der Waals surface area contributed by atoms with Crippen molar-refractivity contribution in [2.75, 3.05) is 13.1 Å². The standard InChI is InChI=1S/C21H29ClN2O3S/c22-17-8-2-4-10-20(17)28(26,27)24-13-5-7-16(14-24)21(25)19-12-11-15-6-1-3-9-18(15)23-19/h2,4,8,10,15-16,18-19,23H,1,3,5-7,9,11-14H2/t15-,16-,18-,19-/m0/s1. The number of sulfonamides is 1. The number of carbonyl (C=O) groups excluding carboxylic acids is 1. The van der Waals surface area contributed by atoms with Gasteiger partial charge in [0, 0.05) is 25.0 Å². The van der Waals surface area contributed by atoms with Crippen molar-refractivity contribution in [1.29, 1.82) is 0 Å². The average Bonchev–Trinajstić information content (AvgIpc) is 2.73. The van der Waals surface area contributed by atoms with Crippen LogP contribution >= 0.6 is 11.6 Å².